The minimum absolute atomic E-state index is 0.0824. The van der Waals surface area contributed by atoms with Crippen LogP contribution in [0, 0.1) is 5.92 Å². The van der Waals surface area contributed by atoms with E-state index in [2.05, 4.69) is 12.1 Å². The summed E-state index contributed by atoms with van der Waals surface area (Å²) in [5.74, 6) is 0.504. The van der Waals surface area contributed by atoms with Gasteiger partial charge >= 0.3 is 0 Å². The summed E-state index contributed by atoms with van der Waals surface area (Å²) < 4.78 is 0. The zero-order valence-corrected chi connectivity index (χ0v) is 10.9. The lowest BCUT2D eigenvalue weighted by molar-refractivity contribution is -0.135. The van der Waals surface area contributed by atoms with Crippen LogP contribution in [0.1, 0.15) is 25.3 Å². The molecular weight excluding hydrogens is 234 g/mol. The molecule has 2 rings (SSSR count). The van der Waals surface area contributed by atoms with E-state index in [-0.39, 0.29) is 11.8 Å². The first kappa shape index (κ1) is 12.4. The van der Waals surface area contributed by atoms with Crippen LogP contribution in [0.4, 0.5) is 0 Å². The van der Waals surface area contributed by atoms with Crippen LogP contribution in [0.2, 0.25) is 0 Å². The number of alkyl halides is 1. The lowest BCUT2D eigenvalue weighted by Crippen LogP contribution is -2.37. The molecule has 1 aromatic carbocycles. The number of carbonyl (C=O) groups is 1. The van der Waals surface area contributed by atoms with Gasteiger partial charge in [0.05, 0.1) is 0 Å². The Hall–Kier alpha value is -1.02. The summed E-state index contributed by atoms with van der Waals surface area (Å²) in [6, 6.07) is 10.6. The van der Waals surface area contributed by atoms with Gasteiger partial charge in [0.1, 0.15) is 0 Å². The minimum Gasteiger partial charge on any atom is -0.335 e. The fourth-order valence-electron chi connectivity index (χ4n) is 1.90. The average molecular weight is 252 g/mol. The second-order valence-corrected chi connectivity index (χ2v) is 5.05. The van der Waals surface area contributed by atoms with Gasteiger partial charge in [-0.1, -0.05) is 37.3 Å². The van der Waals surface area contributed by atoms with Crippen molar-refractivity contribution in [2.45, 2.75) is 32.4 Å². The molecule has 0 radical (unpaired) electrons. The molecule has 3 heteroatoms. The van der Waals surface area contributed by atoms with Gasteiger partial charge in [-0.25, -0.2) is 0 Å². The van der Waals surface area contributed by atoms with E-state index in [1.165, 1.54) is 5.56 Å². The number of benzene rings is 1. The van der Waals surface area contributed by atoms with Crippen LogP contribution < -0.4 is 0 Å². The van der Waals surface area contributed by atoms with Crippen LogP contribution in [0.25, 0.3) is 0 Å². The van der Waals surface area contributed by atoms with Gasteiger partial charge in [-0.2, -0.15) is 0 Å². The van der Waals surface area contributed by atoms with E-state index >= 15 is 0 Å². The first-order chi connectivity index (χ1) is 8.22. The monoisotopic (exact) mass is 251 g/mol. The Morgan fingerprint density at radius 3 is 2.59 bits per heavy atom. The van der Waals surface area contributed by atoms with Crippen molar-refractivity contribution in [3.05, 3.63) is 35.9 Å². The third-order valence-electron chi connectivity index (χ3n) is 3.12. The fourth-order valence-corrected chi connectivity index (χ4v) is 2.03. The molecule has 1 fully saturated rings. The molecule has 0 bridgehead atoms. The summed E-state index contributed by atoms with van der Waals surface area (Å²) in [4.78, 5) is 14.2. The zero-order chi connectivity index (χ0) is 12.3. The second-order valence-electron chi connectivity index (χ2n) is 4.74. The number of hydrogen-bond donors (Lipinski definition) is 0. The summed E-state index contributed by atoms with van der Waals surface area (Å²) in [7, 11) is 0. The number of rotatable bonds is 5. The van der Waals surface area contributed by atoms with Crippen molar-refractivity contribution in [2.24, 2.45) is 5.92 Å². The van der Waals surface area contributed by atoms with Crippen molar-refractivity contribution in [1.29, 1.82) is 0 Å². The Morgan fingerprint density at radius 2 is 2.06 bits per heavy atom. The highest BCUT2D eigenvalue weighted by molar-refractivity contribution is 6.19. The van der Waals surface area contributed by atoms with Gasteiger partial charge in [0.15, 0.2) is 0 Å². The summed E-state index contributed by atoms with van der Waals surface area (Å²) in [5.41, 5.74) is 1.19. The van der Waals surface area contributed by atoms with Crippen molar-refractivity contribution in [3.8, 4) is 0 Å². The predicted octanol–water partition coefficient (Wildman–Crippen LogP) is 3.05. The maximum absolute atomic E-state index is 12.2. The molecule has 1 atom stereocenters. The SMILES string of the molecule is CC(CCl)C(=O)N(Cc1ccccc1)C1CC1. The molecule has 0 N–H and O–H groups in total. The third-order valence-corrected chi connectivity index (χ3v) is 3.58. The van der Waals surface area contributed by atoms with E-state index in [9.17, 15) is 4.79 Å². The van der Waals surface area contributed by atoms with Crippen LogP contribution in [0.5, 0.6) is 0 Å². The smallest absolute Gasteiger partial charge is 0.227 e. The predicted molar refractivity (Wildman–Crippen MR) is 69.9 cm³/mol. The van der Waals surface area contributed by atoms with Gasteiger partial charge in [-0.05, 0) is 18.4 Å². The molecule has 1 aliphatic carbocycles. The quantitative estimate of drug-likeness (QED) is 0.737. The maximum atomic E-state index is 12.2. The van der Waals surface area contributed by atoms with Crippen LogP contribution >= 0.6 is 11.6 Å². The van der Waals surface area contributed by atoms with Gasteiger partial charge in [-0.3, -0.25) is 4.79 Å². The minimum atomic E-state index is -0.0824. The normalized spacial score (nSPS) is 16.6. The van der Waals surface area contributed by atoms with Crippen molar-refractivity contribution >= 4 is 17.5 Å². The summed E-state index contributed by atoms with van der Waals surface area (Å²) in [6.45, 7) is 2.61. The first-order valence-corrected chi connectivity index (χ1v) is 6.66. The molecule has 1 saturated carbocycles. The molecule has 17 heavy (non-hydrogen) atoms. The van der Waals surface area contributed by atoms with E-state index in [0.29, 0.717) is 18.5 Å². The number of amides is 1. The molecule has 0 saturated heterocycles. The van der Waals surface area contributed by atoms with Gasteiger partial charge < -0.3 is 4.90 Å². The zero-order valence-electron chi connectivity index (χ0n) is 10.1. The van der Waals surface area contributed by atoms with Gasteiger partial charge in [0.2, 0.25) is 5.91 Å². The van der Waals surface area contributed by atoms with E-state index in [0.717, 1.165) is 12.8 Å². The van der Waals surface area contributed by atoms with Gasteiger partial charge in [-0.15, -0.1) is 11.6 Å². The highest BCUT2D eigenvalue weighted by Gasteiger charge is 2.34. The van der Waals surface area contributed by atoms with Crippen LogP contribution in [-0.4, -0.2) is 22.7 Å². The van der Waals surface area contributed by atoms with Crippen LogP contribution in [-0.2, 0) is 11.3 Å². The van der Waals surface area contributed by atoms with E-state index in [4.69, 9.17) is 11.6 Å². The number of halogens is 1. The Balaban J connectivity index is 2.05. The number of hydrogen-bond acceptors (Lipinski definition) is 1. The molecular formula is C14H18ClNO. The topological polar surface area (TPSA) is 20.3 Å². The molecule has 1 aromatic rings. The Bertz CT molecular complexity index is 375. The standard InChI is InChI=1S/C14H18ClNO/c1-11(9-15)14(17)16(13-7-8-13)10-12-5-3-2-4-6-12/h2-6,11,13H,7-10H2,1H3. The number of carbonyl (C=O) groups excluding carboxylic acids is 1. The van der Waals surface area contributed by atoms with Gasteiger partial charge in [0, 0.05) is 24.4 Å². The largest absolute Gasteiger partial charge is 0.335 e. The van der Waals surface area contributed by atoms with E-state index in [1.54, 1.807) is 0 Å². The van der Waals surface area contributed by atoms with Crippen molar-refractivity contribution in [1.82, 2.24) is 4.90 Å². The summed E-state index contributed by atoms with van der Waals surface area (Å²) >= 11 is 5.77. The molecule has 0 spiro atoms. The molecule has 2 nitrogen and oxygen atoms in total. The second kappa shape index (κ2) is 5.54. The fraction of sp³-hybridized carbons (Fsp3) is 0.500. The van der Waals surface area contributed by atoms with E-state index in [1.807, 2.05) is 30.0 Å². The Morgan fingerprint density at radius 1 is 1.41 bits per heavy atom. The summed E-state index contributed by atoms with van der Waals surface area (Å²) in [5, 5.41) is 0. The highest BCUT2D eigenvalue weighted by atomic mass is 35.5. The van der Waals surface area contributed by atoms with Gasteiger partial charge in [0.25, 0.3) is 0 Å². The number of nitrogens with zero attached hydrogens (tertiary/aromatic N) is 1. The Kier molecular flexibility index (Phi) is 4.06. The molecule has 0 heterocycles. The van der Waals surface area contributed by atoms with E-state index < -0.39 is 0 Å². The summed E-state index contributed by atoms with van der Waals surface area (Å²) in [6.07, 6.45) is 2.27. The van der Waals surface area contributed by atoms with Crippen LogP contribution in [0.15, 0.2) is 30.3 Å². The highest BCUT2D eigenvalue weighted by Crippen LogP contribution is 2.29. The lowest BCUT2D eigenvalue weighted by atomic mass is 10.1. The molecule has 0 aliphatic heterocycles. The molecule has 1 unspecified atom stereocenters. The third kappa shape index (κ3) is 3.22. The van der Waals surface area contributed by atoms with Crippen molar-refractivity contribution in [3.63, 3.8) is 0 Å². The first-order valence-electron chi connectivity index (χ1n) is 6.12. The molecule has 92 valence electrons. The van der Waals surface area contributed by atoms with Crippen molar-refractivity contribution < 1.29 is 4.79 Å². The lowest BCUT2D eigenvalue weighted by Gasteiger charge is -2.25. The van der Waals surface area contributed by atoms with Crippen LogP contribution in [0.3, 0.4) is 0 Å². The Labute approximate surface area is 108 Å². The van der Waals surface area contributed by atoms with Crippen molar-refractivity contribution in [2.75, 3.05) is 5.88 Å². The maximum Gasteiger partial charge on any atom is 0.227 e. The molecule has 1 amide bonds. The molecule has 1 aliphatic rings. The average Bonchev–Trinajstić information content (AvgIpc) is 3.19. The molecule has 0 aromatic heterocycles.